The summed E-state index contributed by atoms with van der Waals surface area (Å²) < 4.78 is 5.81. The monoisotopic (exact) mass is 284 g/mol. The predicted molar refractivity (Wildman–Crippen MR) is 81.4 cm³/mol. The molecule has 1 aliphatic carbocycles. The zero-order valence-corrected chi connectivity index (χ0v) is 12.0. The van der Waals surface area contributed by atoms with E-state index in [1.807, 2.05) is 42.6 Å². The molecule has 1 heterocycles. The van der Waals surface area contributed by atoms with E-state index in [1.54, 1.807) is 0 Å². The fourth-order valence-corrected chi connectivity index (χ4v) is 2.17. The number of nitrogens with zero attached hydrogens (tertiary/aromatic N) is 1. The first kappa shape index (κ1) is 14.0. The van der Waals surface area contributed by atoms with E-state index in [1.165, 1.54) is 12.8 Å². The van der Waals surface area contributed by atoms with Crippen molar-refractivity contribution in [2.45, 2.75) is 31.8 Å². The van der Waals surface area contributed by atoms with E-state index >= 15 is 0 Å². The van der Waals surface area contributed by atoms with Crippen LogP contribution >= 0.6 is 0 Å². The second-order valence-corrected chi connectivity index (χ2v) is 5.34. The Labute approximate surface area is 124 Å². The van der Waals surface area contributed by atoms with Gasteiger partial charge in [0.15, 0.2) is 0 Å². The molecule has 2 aromatic rings. The Morgan fingerprint density at radius 3 is 2.76 bits per heavy atom. The van der Waals surface area contributed by atoms with E-state index in [-0.39, 0.29) is 6.61 Å². The Balaban J connectivity index is 1.64. The molecule has 2 N–H and O–H groups in total. The van der Waals surface area contributed by atoms with Crippen molar-refractivity contribution in [3.05, 3.63) is 53.7 Å². The molecule has 21 heavy (non-hydrogen) atoms. The maximum absolute atomic E-state index is 9.08. The zero-order chi connectivity index (χ0) is 14.5. The molecule has 4 nitrogen and oxygen atoms in total. The molecular weight excluding hydrogens is 264 g/mol. The van der Waals surface area contributed by atoms with Gasteiger partial charge in [-0.2, -0.15) is 0 Å². The molecule has 4 heteroatoms. The second kappa shape index (κ2) is 6.70. The van der Waals surface area contributed by atoms with Crippen molar-refractivity contribution >= 4 is 0 Å². The minimum Gasteiger partial charge on any atom is -0.439 e. The van der Waals surface area contributed by atoms with Gasteiger partial charge in [-0.05, 0) is 36.5 Å². The molecule has 1 aromatic carbocycles. The average Bonchev–Trinajstić information content (AvgIpc) is 3.33. The van der Waals surface area contributed by atoms with Gasteiger partial charge in [0.2, 0.25) is 5.88 Å². The number of pyridine rings is 1. The van der Waals surface area contributed by atoms with Gasteiger partial charge in [-0.1, -0.05) is 24.3 Å². The van der Waals surface area contributed by atoms with E-state index in [0.29, 0.717) is 18.3 Å². The van der Waals surface area contributed by atoms with Gasteiger partial charge in [-0.3, -0.25) is 0 Å². The maximum Gasteiger partial charge on any atom is 0.219 e. The summed E-state index contributed by atoms with van der Waals surface area (Å²) in [6.07, 6.45) is 5.01. The highest BCUT2D eigenvalue weighted by Crippen LogP contribution is 2.24. The van der Waals surface area contributed by atoms with Gasteiger partial charge in [0.25, 0.3) is 0 Å². The lowest BCUT2D eigenvalue weighted by Gasteiger charge is -2.10. The molecule has 0 saturated heterocycles. The van der Waals surface area contributed by atoms with E-state index in [9.17, 15) is 0 Å². The van der Waals surface area contributed by atoms with Crippen molar-refractivity contribution in [1.82, 2.24) is 10.3 Å². The van der Waals surface area contributed by atoms with Crippen LogP contribution in [0.4, 0.5) is 0 Å². The zero-order valence-electron chi connectivity index (χ0n) is 12.0. The molecule has 0 unspecified atom stereocenters. The quantitative estimate of drug-likeness (QED) is 0.820. The van der Waals surface area contributed by atoms with Crippen LogP contribution in [-0.4, -0.2) is 22.7 Å². The Morgan fingerprint density at radius 2 is 2.05 bits per heavy atom. The van der Waals surface area contributed by atoms with Crippen molar-refractivity contribution in [2.24, 2.45) is 0 Å². The summed E-state index contributed by atoms with van der Waals surface area (Å²) in [6, 6.07) is 12.3. The van der Waals surface area contributed by atoms with Crippen LogP contribution < -0.4 is 10.1 Å². The molecule has 0 aliphatic heterocycles. The second-order valence-electron chi connectivity index (χ2n) is 5.34. The van der Waals surface area contributed by atoms with Gasteiger partial charge in [0, 0.05) is 31.5 Å². The topological polar surface area (TPSA) is 54.4 Å². The summed E-state index contributed by atoms with van der Waals surface area (Å²) in [7, 11) is 0. The molecule has 110 valence electrons. The van der Waals surface area contributed by atoms with Crippen LogP contribution in [0.25, 0.3) is 0 Å². The first-order valence-corrected chi connectivity index (χ1v) is 7.40. The SMILES string of the molecule is OCCc1ccccc1Oc1ccc(CNC2CC2)cn1. The highest BCUT2D eigenvalue weighted by molar-refractivity contribution is 5.36. The van der Waals surface area contributed by atoms with Gasteiger partial charge < -0.3 is 15.2 Å². The molecule has 1 aromatic heterocycles. The van der Waals surface area contributed by atoms with Gasteiger partial charge in [-0.25, -0.2) is 4.98 Å². The van der Waals surface area contributed by atoms with Crippen LogP contribution in [0, 0.1) is 0 Å². The third kappa shape index (κ3) is 4.03. The molecule has 1 aliphatic rings. The normalized spacial score (nSPS) is 14.1. The summed E-state index contributed by atoms with van der Waals surface area (Å²) in [6.45, 7) is 0.971. The van der Waals surface area contributed by atoms with E-state index < -0.39 is 0 Å². The fraction of sp³-hybridized carbons (Fsp3) is 0.353. The van der Waals surface area contributed by atoms with Crippen LogP contribution in [0.1, 0.15) is 24.0 Å². The van der Waals surface area contributed by atoms with Crippen molar-refractivity contribution in [1.29, 1.82) is 0 Å². The maximum atomic E-state index is 9.08. The summed E-state index contributed by atoms with van der Waals surface area (Å²) in [5.74, 6) is 1.33. The number of rotatable bonds is 7. The first-order valence-electron chi connectivity index (χ1n) is 7.40. The number of hydrogen-bond donors (Lipinski definition) is 2. The van der Waals surface area contributed by atoms with Crippen LogP contribution in [0.15, 0.2) is 42.6 Å². The van der Waals surface area contributed by atoms with E-state index in [0.717, 1.165) is 23.4 Å². The minimum absolute atomic E-state index is 0.111. The van der Waals surface area contributed by atoms with Gasteiger partial charge in [-0.15, -0.1) is 0 Å². The number of nitrogens with one attached hydrogen (secondary N) is 1. The molecule has 3 rings (SSSR count). The first-order chi connectivity index (χ1) is 10.3. The van der Waals surface area contributed by atoms with Crippen LogP contribution in [-0.2, 0) is 13.0 Å². The van der Waals surface area contributed by atoms with Crippen molar-refractivity contribution in [2.75, 3.05) is 6.61 Å². The Bertz CT molecular complexity index is 580. The Hall–Kier alpha value is -1.91. The molecule has 0 radical (unpaired) electrons. The molecule has 1 fully saturated rings. The number of benzene rings is 1. The van der Waals surface area contributed by atoms with E-state index in [2.05, 4.69) is 10.3 Å². The van der Waals surface area contributed by atoms with Gasteiger partial charge in [0.1, 0.15) is 5.75 Å². The smallest absolute Gasteiger partial charge is 0.219 e. The van der Waals surface area contributed by atoms with Crippen molar-refractivity contribution < 1.29 is 9.84 Å². The Morgan fingerprint density at radius 1 is 1.19 bits per heavy atom. The lowest BCUT2D eigenvalue weighted by Crippen LogP contribution is -2.15. The largest absolute Gasteiger partial charge is 0.439 e. The number of para-hydroxylation sites is 1. The summed E-state index contributed by atoms with van der Waals surface area (Å²) in [4.78, 5) is 4.35. The summed E-state index contributed by atoms with van der Waals surface area (Å²) in [5.41, 5.74) is 2.15. The third-order valence-electron chi connectivity index (χ3n) is 3.54. The number of ether oxygens (including phenoxy) is 1. The number of aromatic nitrogens is 1. The molecule has 1 saturated carbocycles. The third-order valence-corrected chi connectivity index (χ3v) is 3.54. The minimum atomic E-state index is 0.111. The summed E-state index contributed by atoms with van der Waals surface area (Å²) >= 11 is 0. The Kier molecular flexibility index (Phi) is 4.48. The number of aliphatic hydroxyl groups excluding tert-OH is 1. The lowest BCUT2D eigenvalue weighted by molar-refractivity contribution is 0.297. The lowest BCUT2D eigenvalue weighted by atomic mass is 10.1. The van der Waals surface area contributed by atoms with Crippen molar-refractivity contribution in [3.63, 3.8) is 0 Å². The predicted octanol–water partition coefficient (Wildman–Crippen LogP) is 2.66. The highest BCUT2D eigenvalue weighted by atomic mass is 16.5. The van der Waals surface area contributed by atoms with Crippen LogP contribution in [0.5, 0.6) is 11.6 Å². The van der Waals surface area contributed by atoms with Crippen LogP contribution in [0.2, 0.25) is 0 Å². The van der Waals surface area contributed by atoms with E-state index in [4.69, 9.17) is 9.84 Å². The van der Waals surface area contributed by atoms with Gasteiger partial charge in [0.05, 0.1) is 0 Å². The highest BCUT2D eigenvalue weighted by Gasteiger charge is 2.19. The standard InChI is InChI=1S/C17H20N2O2/c20-10-9-14-3-1-2-4-16(14)21-17-8-5-13(12-19-17)11-18-15-6-7-15/h1-5,8,12,15,18,20H,6-7,9-11H2. The molecule has 0 spiro atoms. The average molecular weight is 284 g/mol. The molecule has 0 atom stereocenters. The number of hydrogen-bond acceptors (Lipinski definition) is 4. The molecule has 0 bridgehead atoms. The number of aliphatic hydroxyl groups is 1. The van der Waals surface area contributed by atoms with Crippen molar-refractivity contribution in [3.8, 4) is 11.6 Å². The molecular formula is C17H20N2O2. The van der Waals surface area contributed by atoms with Crippen LogP contribution in [0.3, 0.4) is 0 Å². The fourth-order valence-electron chi connectivity index (χ4n) is 2.17. The molecule has 0 amide bonds. The van der Waals surface area contributed by atoms with Gasteiger partial charge >= 0.3 is 0 Å². The summed E-state index contributed by atoms with van der Waals surface area (Å²) in [5, 5.41) is 12.5.